The first-order chi connectivity index (χ1) is 11.7. The molecule has 126 valence electrons. The molecule has 1 aromatic rings. The van der Waals surface area contributed by atoms with Crippen LogP contribution in [0, 0.1) is 17.8 Å². The molecule has 1 aromatic heterocycles. The summed E-state index contributed by atoms with van der Waals surface area (Å²) in [4.78, 5) is 14.5. The number of likely N-dealkylation sites (tertiary alicyclic amines) is 1. The number of nitrogens with zero attached hydrogens (tertiary/aromatic N) is 2. The van der Waals surface area contributed by atoms with Crippen LogP contribution in [0.5, 0.6) is 0 Å². The quantitative estimate of drug-likeness (QED) is 0.627. The third-order valence-electron chi connectivity index (χ3n) is 6.35. The van der Waals surface area contributed by atoms with Gasteiger partial charge in [0.2, 0.25) is 0 Å². The number of aromatic nitrogens is 1. The van der Waals surface area contributed by atoms with Crippen LogP contribution in [-0.2, 0) is 6.54 Å². The Morgan fingerprint density at radius 2 is 2.04 bits per heavy atom. The zero-order chi connectivity index (χ0) is 16.3. The van der Waals surface area contributed by atoms with Crippen molar-refractivity contribution >= 4 is 17.3 Å². The van der Waals surface area contributed by atoms with Crippen LogP contribution in [0.2, 0.25) is 0 Å². The Morgan fingerprint density at radius 3 is 2.83 bits per heavy atom. The number of piperidine rings is 1. The third kappa shape index (κ3) is 2.32. The van der Waals surface area contributed by atoms with Crippen LogP contribution in [0.4, 0.5) is 0 Å². The molecule has 0 radical (unpaired) electrons. The maximum atomic E-state index is 12.1. The van der Waals surface area contributed by atoms with Crippen molar-refractivity contribution in [1.29, 1.82) is 0 Å². The Kier molecular flexibility index (Phi) is 3.34. The average Bonchev–Trinajstić information content (AvgIpc) is 3.18. The van der Waals surface area contributed by atoms with E-state index in [0.29, 0.717) is 23.8 Å². The lowest BCUT2D eigenvalue weighted by atomic mass is 9.83. The number of hydrogen-bond donors (Lipinski definition) is 1. The molecule has 1 N–H and O–H groups in total. The lowest BCUT2D eigenvalue weighted by Crippen LogP contribution is -2.53. The molecule has 3 heterocycles. The normalized spacial score (nSPS) is 35.8. The first kappa shape index (κ1) is 14.7. The molecule has 24 heavy (non-hydrogen) atoms. The molecule has 2 fully saturated rings. The van der Waals surface area contributed by atoms with Gasteiger partial charge in [0.1, 0.15) is 0 Å². The van der Waals surface area contributed by atoms with Gasteiger partial charge in [0.15, 0.2) is 5.11 Å². The summed E-state index contributed by atoms with van der Waals surface area (Å²) in [7, 11) is 0. The summed E-state index contributed by atoms with van der Waals surface area (Å²) in [5.41, 5.74) is 1.33. The van der Waals surface area contributed by atoms with Crippen molar-refractivity contribution in [3.63, 3.8) is 0 Å². The minimum Gasteiger partial charge on any atom is -0.359 e. The molecule has 4 nitrogen and oxygen atoms in total. The molecule has 0 aromatic carbocycles. The standard InChI is InChI=1S/C19H23N3OS/c23-18-3-1-2-17-15-7-13(10-22(17)18)9-21(11-15)19(24)20-16-8-12-4-5-14(16)6-12/h1-5,12-16H,6-11H2,(H,20,24)/t12-,13+,14+,15+,16-/m1/s1. The zero-order valence-corrected chi connectivity index (χ0v) is 14.5. The average molecular weight is 341 g/mol. The first-order valence-corrected chi connectivity index (χ1v) is 9.51. The number of pyridine rings is 1. The van der Waals surface area contributed by atoms with Gasteiger partial charge in [0.25, 0.3) is 5.56 Å². The van der Waals surface area contributed by atoms with Gasteiger partial charge in [-0.25, -0.2) is 0 Å². The number of hydrogen-bond acceptors (Lipinski definition) is 2. The van der Waals surface area contributed by atoms with Gasteiger partial charge >= 0.3 is 0 Å². The second-order valence-corrected chi connectivity index (χ2v) is 8.33. The smallest absolute Gasteiger partial charge is 0.250 e. The van der Waals surface area contributed by atoms with Crippen LogP contribution in [0.1, 0.15) is 30.9 Å². The van der Waals surface area contributed by atoms with Gasteiger partial charge in [-0.1, -0.05) is 18.2 Å². The van der Waals surface area contributed by atoms with Crippen molar-refractivity contribution in [1.82, 2.24) is 14.8 Å². The van der Waals surface area contributed by atoms with E-state index in [2.05, 4.69) is 28.4 Å². The fourth-order valence-corrected chi connectivity index (χ4v) is 5.56. The van der Waals surface area contributed by atoms with Gasteiger partial charge in [0, 0.05) is 43.4 Å². The molecule has 1 saturated heterocycles. The summed E-state index contributed by atoms with van der Waals surface area (Å²) in [5.74, 6) is 2.37. The van der Waals surface area contributed by atoms with Crippen molar-refractivity contribution in [3.8, 4) is 0 Å². The van der Waals surface area contributed by atoms with Crippen LogP contribution in [0.3, 0.4) is 0 Å². The summed E-state index contributed by atoms with van der Waals surface area (Å²) in [6.45, 7) is 2.74. The summed E-state index contributed by atoms with van der Waals surface area (Å²) >= 11 is 5.75. The Morgan fingerprint density at radius 1 is 1.12 bits per heavy atom. The van der Waals surface area contributed by atoms with Crippen molar-refractivity contribution in [3.05, 3.63) is 46.4 Å². The van der Waals surface area contributed by atoms with Gasteiger partial charge < -0.3 is 14.8 Å². The highest BCUT2D eigenvalue weighted by Crippen LogP contribution is 2.39. The Bertz CT molecular complexity index is 770. The number of nitrogens with one attached hydrogen (secondary N) is 1. The van der Waals surface area contributed by atoms with Gasteiger partial charge in [-0.3, -0.25) is 4.79 Å². The molecule has 0 spiro atoms. The summed E-state index contributed by atoms with van der Waals surface area (Å²) in [6, 6.07) is 6.20. The number of thiocarbonyl (C=S) groups is 1. The predicted octanol–water partition coefficient (Wildman–Crippen LogP) is 2.11. The second-order valence-electron chi connectivity index (χ2n) is 7.94. The largest absolute Gasteiger partial charge is 0.359 e. The first-order valence-electron chi connectivity index (χ1n) is 9.11. The van der Waals surface area contributed by atoms with Gasteiger partial charge in [-0.05, 0) is 55.3 Å². The molecule has 2 aliphatic heterocycles. The monoisotopic (exact) mass is 341 g/mol. The van der Waals surface area contributed by atoms with E-state index in [1.807, 2.05) is 10.6 Å². The Balaban J connectivity index is 1.32. The minimum atomic E-state index is 0.144. The van der Waals surface area contributed by atoms with Crippen LogP contribution in [0.15, 0.2) is 35.1 Å². The van der Waals surface area contributed by atoms with Gasteiger partial charge in [-0.2, -0.15) is 0 Å². The number of fused-ring (bicyclic) bond motifs is 6. The highest BCUT2D eigenvalue weighted by molar-refractivity contribution is 7.80. The summed E-state index contributed by atoms with van der Waals surface area (Å²) in [5, 5.41) is 4.56. The summed E-state index contributed by atoms with van der Waals surface area (Å²) in [6.07, 6.45) is 8.43. The van der Waals surface area contributed by atoms with Crippen LogP contribution in [-0.4, -0.2) is 33.7 Å². The SMILES string of the molecule is O=c1cccc2n1C[C@H]1C[C@H]2CN(C(=S)N[C@@H]2C[C@@H]3C=C[C@H]2C3)C1. The van der Waals surface area contributed by atoms with Crippen molar-refractivity contribution in [2.45, 2.75) is 37.8 Å². The van der Waals surface area contributed by atoms with E-state index in [1.54, 1.807) is 6.07 Å². The molecule has 4 bridgehead atoms. The van der Waals surface area contributed by atoms with E-state index in [-0.39, 0.29) is 5.56 Å². The topological polar surface area (TPSA) is 37.3 Å². The molecule has 0 unspecified atom stereocenters. The highest BCUT2D eigenvalue weighted by Gasteiger charge is 2.38. The molecule has 5 heteroatoms. The maximum absolute atomic E-state index is 12.1. The summed E-state index contributed by atoms with van der Waals surface area (Å²) < 4.78 is 1.98. The number of rotatable bonds is 1. The van der Waals surface area contributed by atoms with E-state index in [9.17, 15) is 4.79 Å². The highest BCUT2D eigenvalue weighted by atomic mass is 32.1. The van der Waals surface area contributed by atoms with E-state index in [1.165, 1.54) is 25.0 Å². The van der Waals surface area contributed by atoms with Gasteiger partial charge in [0.05, 0.1) is 0 Å². The van der Waals surface area contributed by atoms with Crippen LogP contribution >= 0.6 is 12.2 Å². The fraction of sp³-hybridized carbons (Fsp3) is 0.579. The second kappa shape index (κ2) is 5.45. The molecule has 1 saturated carbocycles. The minimum absolute atomic E-state index is 0.144. The molecular weight excluding hydrogens is 318 g/mol. The Hall–Kier alpha value is -1.62. The van der Waals surface area contributed by atoms with Crippen molar-refractivity contribution in [2.75, 3.05) is 13.1 Å². The van der Waals surface area contributed by atoms with Crippen molar-refractivity contribution in [2.24, 2.45) is 17.8 Å². The molecule has 4 aliphatic rings. The van der Waals surface area contributed by atoms with E-state index >= 15 is 0 Å². The van der Waals surface area contributed by atoms with E-state index < -0.39 is 0 Å². The van der Waals surface area contributed by atoms with E-state index in [0.717, 1.165) is 30.7 Å². The van der Waals surface area contributed by atoms with Gasteiger partial charge in [-0.15, -0.1) is 0 Å². The van der Waals surface area contributed by atoms with E-state index in [4.69, 9.17) is 12.2 Å². The lowest BCUT2D eigenvalue weighted by Gasteiger charge is -2.44. The maximum Gasteiger partial charge on any atom is 0.250 e. The molecule has 2 aliphatic carbocycles. The lowest BCUT2D eigenvalue weighted by molar-refractivity contribution is 0.176. The molecular formula is C19H23N3OS. The fourth-order valence-electron chi connectivity index (χ4n) is 5.26. The molecule has 0 amide bonds. The number of allylic oxidation sites excluding steroid dienone is 1. The Labute approximate surface area is 147 Å². The predicted molar refractivity (Wildman–Crippen MR) is 98.0 cm³/mol. The van der Waals surface area contributed by atoms with Crippen LogP contribution < -0.4 is 10.9 Å². The van der Waals surface area contributed by atoms with Crippen molar-refractivity contribution < 1.29 is 0 Å². The molecule has 5 atom stereocenters. The van der Waals surface area contributed by atoms with Crippen LogP contribution in [0.25, 0.3) is 0 Å². The third-order valence-corrected chi connectivity index (χ3v) is 6.73. The zero-order valence-electron chi connectivity index (χ0n) is 13.7. The molecule has 5 rings (SSSR count).